The Morgan fingerprint density at radius 1 is 1.35 bits per heavy atom. The van der Waals surface area contributed by atoms with Gasteiger partial charge >= 0.3 is 0 Å². The van der Waals surface area contributed by atoms with Gasteiger partial charge in [0.15, 0.2) is 0 Å². The minimum absolute atomic E-state index is 0.538. The molecule has 1 aliphatic carbocycles. The van der Waals surface area contributed by atoms with Crippen LogP contribution in [0.2, 0.25) is 0 Å². The van der Waals surface area contributed by atoms with Crippen LogP contribution in [-0.4, -0.2) is 11.0 Å². The van der Waals surface area contributed by atoms with E-state index in [0.29, 0.717) is 6.04 Å². The molecule has 1 aromatic heterocycles. The summed E-state index contributed by atoms with van der Waals surface area (Å²) in [7, 11) is 0. The second-order valence-electron chi connectivity index (χ2n) is 5.67. The molecule has 0 aromatic carbocycles. The van der Waals surface area contributed by atoms with Crippen molar-refractivity contribution in [2.75, 3.05) is 0 Å². The molecule has 1 aliphatic rings. The molecule has 1 fully saturated rings. The van der Waals surface area contributed by atoms with Crippen molar-refractivity contribution in [3.05, 3.63) is 16.1 Å². The van der Waals surface area contributed by atoms with Crippen molar-refractivity contribution in [1.29, 1.82) is 0 Å². The first kappa shape index (κ1) is 13.0. The fourth-order valence-corrected chi connectivity index (χ4v) is 3.40. The topological polar surface area (TPSA) is 24.9 Å². The molecule has 1 N–H and O–H groups in total. The van der Waals surface area contributed by atoms with Gasteiger partial charge in [-0.1, -0.05) is 33.6 Å². The zero-order valence-corrected chi connectivity index (χ0v) is 12.0. The molecule has 0 amide bonds. The van der Waals surface area contributed by atoms with Crippen LogP contribution in [0.25, 0.3) is 0 Å². The highest BCUT2D eigenvalue weighted by Crippen LogP contribution is 2.36. The summed E-state index contributed by atoms with van der Waals surface area (Å²) in [5, 5.41) is 7.03. The normalized spacial score (nSPS) is 25.4. The molecule has 0 radical (unpaired) electrons. The molecule has 1 aromatic rings. The van der Waals surface area contributed by atoms with E-state index in [1.165, 1.54) is 36.4 Å². The lowest BCUT2D eigenvalue weighted by molar-refractivity contribution is 0.347. The van der Waals surface area contributed by atoms with Gasteiger partial charge in [0.1, 0.15) is 0 Å². The number of hydrogen-bond acceptors (Lipinski definition) is 3. The second kappa shape index (κ2) is 5.96. The van der Waals surface area contributed by atoms with Gasteiger partial charge in [0, 0.05) is 23.9 Å². The lowest BCUT2D eigenvalue weighted by Crippen LogP contribution is -2.22. The molecule has 3 heteroatoms. The SMILES string of the molecule is CC1CCC(c2nc(CNC(C)C)cs2)CC1. The number of hydrogen-bond donors (Lipinski definition) is 1. The van der Waals surface area contributed by atoms with Crippen molar-refractivity contribution in [1.82, 2.24) is 10.3 Å². The third-order valence-corrected chi connectivity index (χ3v) is 4.68. The Labute approximate surface area is 109 Å². The standard InChI is InChI=1S/C14H24N2S/c1-10(2)15-8-13-9-17-14(16-13)12-6-4-11(3)5-7-12/h9-12,15H,4-8H2,1-3H3. The van der Waals surface area contributed by atoms with Gasteiger partial charge in [-0.3, -0.25) is 0 Å². The molecule has 17 heavy (non-hydrogen) atoms. The lowest BCUT2D eigenvalue weighted by atomic mass is 9.83. The molecule has 2 rings (SSSR count). The van der Waals surface area contributed by atoms with Crippen molar-refractivity contribution in [3.8, 4) is 0 Å². The summed E-state index contributed by atoms with van der Waals surface area (Å²) in [4.78, 5) is 4.79. The van der Waals surface area contributed by atoms with Gasteiger partial charge in [0.05, 0.1) is 10.7 Å². The van der Waals surface area contributed by atoms with Crippen molar-refractivity contribution in [3.63, 3.8) is 0 Å². The van der Waals surface area contributed by atoms with Gasteiger partial charge in [-0.25, -0.2) is 4.98 Å². The molecular weight excluding hydrogens is 228 g/mol. The predicted molar refractivity (Wildman–Crippen MR) is 74.5 cm³/mol. The van der Waals surface area contributed by atoms with E-state index in [9.17, 15) is 0 Å². The second-order valence-corrected chi connectivity index (χ2v) is 6.56. The van der Waals surface area contributed by atoms with Gasteiger partial charge in [0.25, 0.3) is 0 Å². The highest BCUT2D eigenvalue weighted by Gasteiger charge is 2.22. The number of rotatable bonds is 4. The monoisotopic (exact) mass is 252 g/mol. The third-order valence-electron chi connectivity index (χ3n) is 3.63. The first-order valence-corrected chi connectivity index (χ1v) is 7.70. The van der Waals surface area contributed by atoms with Crippen LogP contribution in [0.4, 0.5) is 0 Å². The summed E-state index contributed by atoms with van der Waals surface area (Å²) in [6.45, 7) is 7.64. The van der Waals surface area contributed by atoms with E-state index in [4.69, 9.17) is 4.98 Å². The largest absolute Gasteiger partial charge is 0.309 e. The first-order chi connectivity index (χ1) is 8.15. The molecular formula is C14H24N2S. The fourth-order valence-electron chi connectivity index (χ4n) is 2.41. The van der Waals surface area contributed by atoms with Crippen LogP contribution in [0.5, 0.6) is 0 Å². The summed E-state index contributed by atoms with van der Waals surface area (Å²) < 4.78 is 0. The van der Waals surface area contributed by atoms with E-state index in [1.54, 1.807) is 0 Å². The van der Waals surface area contributed by atoms with E-state index in [-0.39, 0.29) is 0 Å². The summed E-state index contributed by atoms with van der Waals surface area (Å²) >= 11 is 1.86. The Morgan fingerprint density at radius 2 is 2.06 bits per heavy atom. The third kappa shape index (κ3) is 3.78. The minimum atomic E-state index is 0.538. The van der Waals surface area contributed by atoms with Crippen molar-refractivity contribution < 1.29 is 0 Å². The van der Waals surface area contributed by atoms with Crippen LogP contribution in [-0.2, 0) is 6.54 Å². The van der Waals surface area contributed by atoms with Crippen LogP contribution < -0.4 is 5.32 Å². The van der Waals surface area contributed by atoms with E-state index in [1.807, 2.05) is 11.3 Å². The zero-order chi connectivity index (χ0) is 12.3. The van der Waals surface area contributed by atoms with Crippen LogP contribution >= 0.6 is 11.3 Å². The average molecular weight is 252 g/mol. The maximum absolute atomic E-state index is 4.79. The molecule has 0 atom stereocenters. The average Bonchev–Trinajstić information content (AvgIpc) is 2.76. The van der Waals surface area contributed by atoms with Crippen LogP contribution in [0.3, 0.4) is 0 Å². The number of nitrogens with zero attached hydrogens (tertiary/aromatic N) is 1. The smallest absolute Gasteiger partial charge is 0.0959 e. The highest BCUT2D eigenvalue weighted by molar-refractivity contribution is 7.09. The Morgan fingerprint density at radius 3 is 2.71 bits per heavy atom. The highest BCUT2D eigenvalue weighted by atomic mass is 32.1. The zero-order valence-electron chi connectivity index (χ0n) is 11.2. The van der Waals surface area contributed by atoms with Crippen molar-refractivity contribution in [2.45, 2.75) is 65.0 Å². The quantitative estimate of drug-likeness (QED) is 0.878. The Hall–Kier alpha value is -0.410. The summed E-state index contributed by atoms with van der Waals surface area (Å²) in [5.74, 6) is 1.66. The molecule has 0 bridgehead atoms. The predicted octanol–water partition coefficient (Wildman–Crippen LogP) is 3.93. The molecule has 1 saturated carbocycles. The van der Waals surface area contributed by atoms with Gasteiger partial charge < -0.3 is 5.32 Å². The van der Waals surface area contributed by atoms with Crippen molar-refractivity contribution in [2.24, 2.45) is 5.92 Å². The number of thiazole rings is 1. The maximum Gasteiger partial charge on any atom is 0.0959 e. The van der Waals surface area contributed by atoms with Crippen LogP contribution in [0.1, 0.15) is 63.1 Å². The van der Waals surface area contributed by atoms with Crippen LogP contribution in [0.15, 0.2) is 5.38 Å². The van der Waals surface area contributed by atoms with Gasteiger partial charge in [-0.15, -0.1) is 11.3 Å². The Balaban J connectivity index is 1.89. The maximum atomic E-state index is 4.79. The molecule has 1 heterocycles. The molecule has 0 unspecified atom stereocenters. The fraction of sp³-hybridized carbons (Fsp3) is 0.786. The molecule has 96 valence electrons. The Kier molecular flexibility index (Phi) is 4.57. The summed E-state index contributed by atoms with van der Waals surface area (Å²) in [6.07, 6.45) is 5.44. The molecule has 0 aliphatic heterocycles. The minimum Gasteiger partial charge on any atom is -0.309 e. The molecule has 2 nitrogen and oxygen atoms in total. The molecule has 0 spiro atoms. The Bertz CT molecular complexity index is 338. The first-order valence-electron chi connectivity index (χ1n) is 6.83. The lowest BCUT2D eigenvalue weighted by Gasteiger charge is -2.24. The van der Waals surface area contributed by atoms with E-state index < -0.39 is 0 Å². The van der Waals surface area contributed by atoms with Crippen molar-refractivity contribution >= 4 is 11.3 Å². The van der Waals surface area contributed by atoms with Crippen LogP contribution in [0, 0.1) is 5.92 Å². The van der Waals surface area contributed by atoms with E-state index in [0.717, 1.165) is 18.4 Å². The van der Waals surface area contributed by atoms with E-state index in [2.05, 4.69) is 31.5 Å². The van der Waals surface area contributed by atoms with Gasteiger partial charge in [-0.2, -0.15) is 0 Å². The number of aromatic nitrogens is 1. The molecule has 0 saturated heterocycles. The summed E-state index contributed by atoms with van der Waals surface area (Å²) in [5.41, 5.74) is 1.22. The van der Waals surface area contributed by atoms with Gasteiger partial charge in [0.2, 0.25) is 0 Å². The number of nitrogens with one attached hydrogen (secondary N) is 1. The van der Waals surface area contributed by atoms with Gasteiger partial charge in [-0.05, 0) is 18.8 Å². The summed E-state index contributed by atoms with van der Waals surface area (Å²) in [6, 6.07) is 0.538. The van der Waals surface area contributed by atoms with E-state index >= 15 is 0 Å².